The van der Waals surface area contributed by atoms with Crippen LogP contribution >= 0.6 is 0 Å². The van der Waals surface area contributed by atoms with E-state index in [1.165, 1.54) is 44.9 Å². The maximum atomic E-state index is 12.0. The van der Waals surface area contributed by atoms with E-state index in [4.69, 9.17) is 0 Å². The first-order valence-electron chi connectivity index (χ1n) is 7.47. The van der Waals surface area contributed by atoms with Crippen molar-refractivity contribution in [3.63, 3.8) is 0 Å². The molecule has 0 spiro atoms. The largest absolute Gasteiger partial charge is 0.352 e. The van der Waals surface area contributed by atoms with Crippen LogP contribution in [0.15, 0.2) is 0 Å². The number of nitrogens with one attached hydrogen (secondary N) is 2. The van der Waals surface area contributed by atoms with Crippen molar-refractivity contribution in [2.45, 2.75) is 57.0 Å². The normalized spacial score (nSPS) is 26.4. The predicted octanol–water partition coefficient (Wildman–Crippen LogP) is 1.12. The Bertz CT molecular complexity index is 262. The molecular weight excluding hydrogens is 226 g/mol. The molecule has 1 saturated heterocycles. The SMILES string of the molecule is CNCC1CCCCN1CC(=O)NC1CCCC1. The summed E-state index contributed by atoms with van der Waals surface area (Å²) in [5.41, 5.74) is 0. The highest BCUT2D eigenvalue weighted by atomic mass is 16.2. The molecule has 4 heteroatoms. The third-order valence-electron chi connectivity index (χ3n) is 4.26. The third kappa shape index (κ3) is 3.95. The number of piperidine rings is 1. The van der Waals surface area contributed by atoms with E-state index in [1.807, 2.05) is 7.05 Å². The van der Waals surface area contributed by atoms with Gasteiger partial charge in [-0.3, -0.25) is 9.69 Å². The molecule has 0 aromatic rings. The Morgan fingerprint density at radius 2 is 1.89 bits per heavy atom. The van der Waals surface area contributed by atoms with Crippen LogP contribution in [0, 0.1) is 0 Å². The lowest BCUT2D eigenvalue weighted by atomic mass is 10.0. The summed E-state index contributed by atoms with van der Waals surface area (Å²) in [5.74, 6) is 0.227. The van der Waals surface area contributed by atoms with E-state index < -0.39 is 0 Å². The van der Waals surface area contributed by atoms with Crippen LogP contribution in [0.25, 0.3) is 0 Å². The molecule has 1 atom stereocenters. The second kappa shape index (κ2) is 7.10. The van der Waals surface area contributed by atoms with Crippen LogP contribution in [-0.2, 0) is 4.79 Å². The zero-order chi connectivity index (χ0) is 12.8. The topological polar surface area (TPSA) is 44.4 Å². The van der Waals surface area contributed by atoms with Gasteiger partial charge in [0, 0.05) is 18.6 Å². The summed E-state index contributed by atoms with van der Waals surface area (Å²) in [6.45, 7) is 2.66. The van der Waals surface area contributed by atoms with E-state index in [2.05, 4.69) is 15.5 Å². The van der Waals surface area contributed by atoms with Crippen molar-refractivity contribution in [1.82, 2.24) is 15.5 Å². The van der Waals surface area contributed by atoms with Crippen LogP contribution in [0.5, 0.6) is 0 Å². The molecule has 1 aliphatic carbocycles. The number of hydrogen-bond donors (Lipinski definition) is 2. The molecule has 4 nitrogen and oxygen atoms in total. The molecule has 0 aromatic heterocycles. The van der Waals surface area contributed by atoms with Crippen LogP contribution in [0.1, 0.15) is 44.9 Å². The van der Waals surface area contributed by atoms with E-state index in [-0.39, 0.29) is 5.91 Å². The van der Waals surface area contributed by atoms with Gasteiger partial charge in [-0.1, -0.05) is 19.3 Å². The van der Waals surface area contributed by atoms with Crippen molar-refractivity contribution >= 4 is 5.91 Å². The summed E-state index contributed by atoms with van der Waals surface area (Å²) >= 11 is 0. The molecule has 0 radical (unpaired) electrons. The zero-order valence-electron chi connectivity index (χ0n) is 11.6. The van der Waals surface area contributed by atoms with Gasteiger partial charge in [0.15, 0.2) is 0 Å². The van der Waals surface area contributed by atoms with Crippen LogP contribution < -0.4 is 10.6 Å². The molecule has 2 aliphatic rings. The van der Waals surface area contributed by atoms with Gasteiger partial charge in [0.25, 0.3) is 0 Å². The first kappa shape index (κ1) is 13.8. The molecule has 18 heavy (non-hydrogen) atoms. The van der Waals surface area contributed by atoms with E-state index >= 15 is 0 Å². The Balaban J connectivity index is 1.76. The first-order valence-corrected chi connectivity index (χ1v) is 7.47. The zero-order valence-corrected chi connectivity index (χ0v) is 11.6. The summed E-state index contributed by atoms with van der Waals surface area (Å²) in [5, 5.41) is 6.43. The molecule has 0 aromatic carbocycles. The fourth-order valence-corrected chi connectivity index (χ4v) is 3.26. The van der Waals surface area contributed by atoms with Crippen molar-refractivity contribution < 1.29 is 4.79 Å². The maximum absolute atomic E-state index is 12.0. The lowest BCUT2D eigenvalue weighted by molar-refractivity contribution is -0.123. The van der Waals surface area contributed by atoms with Crippen molar-refractivity contribution in [1.29, 1.82) is 0 Å². The number of hydrogen-bond acceptors (Lipinski definition) is 3. The minimum atomic E-state index is 0.227. The van der Waals surface area contributed by atoms with Crippen LogP contribution in [0.2, 0.25) is 0 Å². The average molecular weight is 253 g/mol. The quantitative estimate of drug-likeness (QED) is 0.772. The summed E-state index contributed by atoms with van der Waals surface area (Å²) in [6, 6.07) is 0.989. The molecule has 2 rings (SSSR count). The van der Waals surface area contributed by atoms with Crippen LogP contribution in [-0.4, -0.2) is 49.6 Å². The predicted molar refractivity (Wildman–Crippen MR) is 73.5 cm³/mol. The molecule has 2 N–H and O–H groups in total. The lowest BCUT2D eigenvalue weighted by Gasteiger charge is -2.35. The summed E-state index contributed by atoms with van der Waals surface area (Å²) in [7, 11) is 1.99. The first-order chi connectivity index (χ1) is 8.79. The molecule has 1 saturated carbocycles. The number of amides is 1. The molecule has 1 heterocycles. The van der Waals surface area contributed by atoms with Crippen molar-refractivity contribution in [3.05, 3.63) is 0 Å². The molecule has 1 amide bonds. The standard InChI is InChI=1S/C14H27N3O/c1-15-10-13-8-4-5-9-17(13)11-14(18)16-12-6-2-3-7-12/h12-13,15H,2-11H2,1H3,(H,16,18). The second-order valence-corrected chi connectivity index (χ2v) is 5.73. The number of carbonyl (C=O) groups excluding carboxylic acids is 1. The highest BCUT2D eigenvalue weighted by Gasteiger charge is 2.25. The molecule has 104 valence electrons. The smallest absolute Gasteiger partial charge is 0.234 e. The molecule has 2 fully saturated rings. The van der Waals surface area contributed by atoms with Gasteiger partial charge in [0.05, 0.1) is 6.54 Å². The Morgan fingerprint density at radius 1 is 1.17 bits per heavy atom. The van der Waals surface area contributed by atoms with Gasteiger partial charge in [-0.15, -0.1) is 0 Å². The summed E-state index contributed by atoms with van der Waals surface area (Å²) < 4.78 is 0. The van der Waals surface area contributed by atoms with Gasteiger partial charge < -0.3 is 10.6 Å². The van der Waals surface area contributed by atoms with E-state index in [1.54, 1.807) is 0 Å². The molecule has 0 bridgehead atoms. The number of nitrogens with zero attached hydrogens (tertiary/aromatic N) is 1. The highest BCUT2D eigenvalue weighted by molar-refractivity contribution is 5.78. The average Bonchev–Trinajstić information content (AvgIpc) is 2.84. The molecule has 1 unspecified atom stereocenters. The van der Waals surface area contributed by atoms with Gasteiger partial charge in [0.1, 0.15) is 0 Å². The maximum Gasteiger partial charge on any atom is 0.234 e. The van der Waals surface area contributed by atoms with Crippen LogP contribution in [0.4, 0.5) is 0 Å². The monoisotopic (exact) mass is 253 g/mol. The van der Waals surface area contributed by atoms with E-state index in [9.17, 15) is 4.79 Å². The van der Waals surface area contributed by atoms with Crippen molar-refractivity contribution in [3.8, 4) is 0 Å². The van der Waals surface area contributed by atoms with Gasteiger partial charge >= 0.3 is 0 Å². The Hall–Kier alpha value is -0.610. The minimum Gasteiger partial charge on any atom is -0.352 e. The Labute approximate surface area is 110 Å². The lowest BCUT2D eigenvalue weighted by Crippen LogP contribution is -2.50. The Kier molecular flexibility index (Phi) is 5.45. The van der Waals surface area contributed by atoms with Gasteiger partial charge in [-0.2, -0.15) is 0 Å². The summed E-state index contributed by atoms with van der Waals surface area (Å²) in [6.07, 6.45) is 8.65. The van der Waals surface area contributed by atoms with Crippen molar-refractivity contribution in [2.75, 3.05) is 26.7 Å². The number of rotatable bonds is 5. The number of carbonyl (C=O) groups is 1. The highest BCUT2D eigenvalue weighted by Crippen LogP contribution is 2.18. The van der Waals surface area contributed by atoms with E-state index in [0.29, 0.717) is 18.6 Å². The molecular formula is C14H27N3O. The summed E-state index contributed by atoms with van der Waals surface area (Å²) in [4.78, 5) is 14.4. The van der Waals surface area contributed by atoms with Crippen LogP contribution in [0.3, 0.4) is 0 Å². The van der Waals surface area contributed by atoms with Gasteiger partial charge in [-0.25, -0.2) is 0 Å². The van der Waals surface area contributed by atoms with Gasteiger partial charge in [0.2, 0.25) is 5.91 Å². The third-order valence-corrected chi connectivity index (χ3v) is 4.26. The fourth-order valence-electron chi connectivity index (χ4n) is 3.26. The molecule has 1 aliphatic heterocycles. The van der Waals surface area contributed by atoms with Gasteiger partial charge in [-0.05, 0) is 39.3 Å². The van der Waals surface area contributed by atoms with Crippen molar-refractivity contribution in [2.24, 2.45) is 0 Å². The van der Waals surface area contributed by atoms with E-state index in [0.717, 1.165) is 13.1 Å². The fraction of sp³-hybridized carbons (Fsp3) is 0.929. The number of likely N-dealkylation sites (N-methyl/N-ethyl adjacent to an activating group) is 1. The Morgan fingerprint density at radius 3 is 2.61 bits per heavy atom. The minimum absolute atomic E-state index is 0.227. The number of likely N-dealkylation sites (tertiary alicyclic amines) is 1. The second-order valence-electron chi connectivity index (χ2n) is 5.73.